The fraction of sp³-hybridized carbons (Fsp3) is 0.316. The maximum absolute atomic E-state index is 13.1. The third-order valence-corrected chi connectivity index (χ3v) is 6.18. The number of aryl methyl sites for hydroxylation is 2. The summed E-state index contributed by atoms with van der Waals surface area (Å²) in [6.45, 7) is 4.97. The number of carbonyl (C=O) groups is 1. The Kier molecular flexibility index (Phi) is 3.72. The highest BCUT2D eigenvalue weighted by Gasteiger charge is 2.26. The van der Waals surface area contributed by atoms with Gasteiger partial charge in [-0.25, -0.2) is 4.98 Å². The first-order valence-electron chi connectivity index (χ1n) is 8.30. The van der Waals surface area contributed by atoms with Gasteiger partial charge in [-0.15, -0.1) is 11.3 Å². The Bertz CT molecular complexity index is 1060. The van der Waals surface area contributed by atoms with Crippen LogP contribution in [-0.2, 0) is 20.0 Å². The quantitative estimate of drug-likeness (QED) is 0.676. The van der Waals surface area contributed by atoms with Gasteiger partial charge in [0, 0.05) is 20.1 Å². The van der Waals surface area contributed by atoms with Gasteiger partial charge in [0.05, 0.1) is 10.3 Å². The van der Waals surface area contributed by atoms with Crippen LogP contribution in [0.2, 0.25) is 0 Å². The van der Waals surface area contributed by atoms with Crippen LogP contribution < -0.4 is 5.56 Å². The minimum atomic E-state index is -0.0840. The summed E-state index contributed by atoms with van der Waals surface area (Å²) in [6.07, 6.45) is 0.866. The molecule has 1 aromatic carbocycles. The normalized spacial score (nSPS) is 14.0. The number of nitrogens with zero attached hydrogens (tertiary/aromatic N) is 3. The molecule has 1 amide bonds. The first-order valence-corrected chi connectivity index (χ1v) is 9.12. The number of benzene rings is 1. The number of amides is 1. The lowest BCUT2D eigenvalue weighted by Gasteiger charge is -2.28. The van der Waals surface area contributed by atoms with Crippen molar-refractivity contribution in [2.45, 2.75) is 26.8 Å². The molecule has 3 heterocycles. The highest BCUT2D eigenvalue weighted by Crippen LogP contribution is 2.30. The second kappa shape index (κ2) is 5.81. The summed E-state index contributed by atoms with van der Waals surface area (Å²) in [4.78, 5) is 33.3. The average molecular weight is 353 g/mol. The van der Waals surface area contributed by atoms with Gasteiger partial charge in [-0.3, -0.25) is 14.2 Å². The minimum Gasteiger partial charge on any atom is -0.333 e. The van der Waals surface area contributed by atoms with Gasteiger partial charge in [0.1, 0.15) is 10.7 Å². The molecule has 128 valence electrons. The summed E-state index contributed by atoms with van der Waals surface area (Å²) in [7, 11) is 1.71. The zero-order chi connectivity index (χ0) is 17.7. The molecule has 0 saturated heterocycles. The van der Waals surface area contributed by atoms with Gasteiger partial charge in [-0.1, -0.05) is 24.3 Å². The van der Waals surface area contributed by atoms with Crippen molar-refractivity contribution in [3.8, 4) is 0 Å². The van der Waals surface area contributed by atoms with Crippen molar-refractivity contribution in [2.24, 2.45) is 7.05 Å². The van der Waals surface area contributed by atoms with Crippen LogP contribution in [0.25, 0.3) is 10.2 Å². The first kappa shape index (κ1) is 16.0. The predicted molar refractivity (Wildman–Crippen MR) is 99.2 cm³/mol. The van der Waals surface area contributed by atoms with Crippen molar-refractivity contribution >= 4 is 27.5 Å². The lowest BCUT2D eigenvalue weighted by molar-refractivity contribution is 0.0739. The van der Waals surface area contributed by atoms with Gasteiger partial charge in [0.15, 0.2) is 0 Å². The molecule has 0 atom stereocenters. The average Bonchev–Trinajstić information content (AvgIpc) is 2.95. The predicted octanol–water partition coefficient (Wildman–Crippen LogP) is 2.81. The lowest BCUT2D eigenvalue weighted by atomic mass is 9.99. The Morgan fingerprint density at radius 2 is 1.92 bits per heavy atom. The standard InChI is InChI=1S/C19H19N3O2S/c1-11-15-17(20-12(2)21(3)18(15)23)25-16(11)19(24)22-9-8-13-6-4-5-7-14(13)10-22/h4-7H,8-10H2,1-3H3. The number of hydrogen-bond donors (Lipinski definition) is 0. The van der Waals surface area contributed by atoms with Crippen LogP contribution in [0.5, 0.6) is 0 Å². The van der Waals surface area contributed by atoms with Gasteiger partial charge in [0.25, 0.3) is 11.5 Å². The summed E-state index contributed by atoms with van der Waals surface area (Å²) in [5, 5.41) is 0.568. The van der Waals surface area contributed by atoms with Crippen LogP contribution in [-0.4, -0.2) is 26.9 Å². The first-order chi connectivity index (χ1) is 12.0. The molecule has 0 spiro atoms. The van der Waals surface area contributed by atoms with Gasteiger partial charge >= 0.3 is 0 Å². The van der Waals surface area contributed by atoms with E-state index in [1.807, 2.05) is 24.0 Å². The van der Waals surface area contributed by atoms with Crippen molar-refractivity contribution in [2.75, 3.05) is 6.54 Å². The third kappa shape index (κ3) is 2.48. The number of aromatic nitrogens is 2. The number of hydrogen-bond acceptors (Lipinski definition) is 4. The van der Waals surface area contributed by atoms with Crippen LogP contribution in [0.3, 0.4) is 0 Å². The van der Waals surface area contributed by atoms with Crippen molar-refractivity contribution in [1.82, 2.24) is 14.5 Å². The molecule has 1 aliphatic rings. The molecule has 5 nitrogen and oxygen atoms in total. The Balaban J connectivity index is 1.75. The fourth-order valence-corrected chi connectivity index (χ4v) is 4.57. The SMILES string of the molecule is Cc1c(C(=O)N2CCc3ccccc3C2)sc2nc(C)n(C)c(=O)c12. The van der Waals surface area contributed by atoms with Crippen LogP contribution in [0.4, 0.5) is 0 Å². The zero-order valence-electron chi connectivity index (χ0n) is 14.5. The van der Waals surface area contributed by atoms with E-state index in [1.54, 1.807) is 14.0 Å². The topological polar surface area (TPSA) is 55.2 Å². The summed E-state index contributed by atoms with van der Waals surface area (Å²) in [5.74, 6) is 0.652. The second-order valence-electron chi connectivity index (χ2n) is 6.50. The highest BCUT2D eigenvalue weighted by atomic mass is 32.1. The van der Waals surface area contributed by atoms with E-state index in [1.165, 1.54) is 27.0 Å². The highest BCUT2D eigenvalue weighted by molar-refractivity contribution is 7.20. The van der Waals surface area contributed by atoms with Gasteiger partial charge in [-0.2, -0.15) is 0 Å². The van der Waals surface area contributed by atoms with E-state index < -0.39 is 0 Å². The molecule has 1 aliphatic heterocycles. The van der Waals surface area contributed by atoms with E-state index in [0.29, 0.717) is 34.0 Å². The Labute approximate surface area is 149 Å². The Hall–Kier alpha value is -2.47. The van der Waals surface area contributed by atoms with E-state index in [9.17, 15) is 9.59 Å². The van der Waals surface area contributed by atoms with Crippen LogP contribution in [0.15, 0.2) is 29.1 Å². The Morgan fingerprint density at radius 3 is 2.68 bits per heavy atom. The molecule has 3 aromatic rings. The van der Waals surface area contributed by atoms with Crippen molar-refractivity contribution in [3.63, 3.8) is 0 Å². The fourth-order valence-electron chi connectivity index (χ4n) is 3.38. The number of fused-ring (bicyclic) bond motifs is 2. The molecule has 4 rings (SSSR count). The molecule has 25 heavy (non-hydrogen) atoms. The summed E-state index contributed by atoms with van der Waals surface area (Å²) < 4.78 is 1.54. The zero-order valence-corrected chi connectivity index (χ0v) is 15.3. The van der Waals surface area contributed by atoms with Gasteiger partial charge in [-0.05, 0) is 37.0 Å². The van der Waals surface area contributed by atoms with Crippen LogP contribution in [0.1, 0.15) is 32.2 Å². The maximum atomic E-state index is 13.1. The maximum Gasteiger partial charge on any atom is 0.264 e. The van der Waals surface area contributed by atoms with Crippen molar-refractivity contribution in [3.05, 3.63) is 62.0 Å². The van der Waals surface area contributed by atoms with Crippen LogP contribution in [0, 0.1) is 13.8 Å². The molecule has 2 aromatic heterocycles. The monoisotopic (exact) mass is 353 g/mol. The number of thiophene rings is 1. The van der Waals surface area contributed by atoms with Crippen molar-refractivity contribution in [1.29, 1.82) is 0 Å². The molecule has 0 radical (unpaired) electrons. The molecule has 0 aliphatic carbocycles. The minimum absolute atomic E-state index is 0.00490. The third-order valence-electron chi connectivity index (χ3n) is 5.01. The molecule has 0 N–H and O–H groups in total. The summed E-state index contributed by atoms with van der Waals surface area (Å²) in [5.41, 5.74) is 3.17. The molecule has 0 fully saturated rings. The molecular formula is C19H19N3O2S. The molecule has 0 unspecified atom stereocenters. The van der Waals surface area contributed by atoms with Gasteiger partial charge < -0.3 is 4.90 Å². The van der Waals surface area contributed by atoms with Crippen molar-refractivity contribution < 1.29 is 4.79 Å². The molecule has 0 saturated carbocycles. The second-order valence-corrected chi connectivity index (χ2v) is 7.50. The van der Waals surface area contributed by atoms with E-state index >= 15 is 0 Å². The molecule has 0 bridgehead atoms. The van der Waals surface area contributed by atoms with E-state index in [-0.39, 0.29) is 11.5 Å². The van der Waals surface area contributed by atoms with E-state index in [4.69, 9.17) is 0 Å². The smallest absolute Gasteiger partial charge is 0.264 e. The summed E-state index contributed by atoms with van der Waals surface area (Å²) >= 11 is 1.33. The van der Waals surface area contributed by atoms with E-state index in [0.717, 1.165) is 12.0 Å². The van der Waals surface area contributed by atoms with Gasteiger partial charge in [0.2, 0.25) is 0 Å². The molecular weight excluding hydrogens is 334 g/mol. The summed E-state index contributed by atoms with van der Waals surface area (Å²) in [6, 6.07) is 8.25. The number of rotatable bonds is 1. The van der Waals surface area contributed by atoms with Crippen LogP contribution >= 0.6 is 11.3 Å². The number of carbonyl (C=O) groups excluding carboxylic acids is 1. The lowest BCUT2D eigenvalue weighted by Crippen LogP contribution is -2.35. The van der Waals surface area contributed by atoms with E-state index in [2.05, 4.69) is 17.1 Å². The Morgan fingerprint density at radius 1 is 1.20 bits per heavy atom. The molecule has 6 heteroatoms. The largest absolute Gasteiger partial charge is 0.333 e.